The van der Waals surface area contributed by atoms with Crippen molar-refractivity contribution < 1.29 is 9.18 Å². The van der Waals surface area contributed by atoms with Gasteiger partial charge in [-0.3, -0.25) is 4.79 Å². The number of hydrogen-bond acceptors (Lipinski definition) is 1. The van der Waals surface area contributed by atoms with E-state index in [1.165, 1.54) is 17.7 Å². The molecule has 0 aromatic heterocycles. The van der Waals surface area contributed by atoms with E-state index >= 15 is 0 Å². The number of carbonyl (C=O) groups is 1. The maximum absolute atomic E-state index is 13.1. The number of amides is 1. The highest BCUT2D eigenvalue weighted by Crippen LogP contribution is 2.42. The average Bonchev–Trinajstić information content (AvgIpc) is 2.45. The molecule has 122 valence electrons. The molecule has 1 fully saturated rings. The van der Waals surface area contributed by atoms with E-state index in [1.54, 1.807) is 0 Å². The highest BCUT2D eigenvalue weighted by Gasteiger charge is 2.39. The maximum atomic E-state index is 13.1. The monoisotopic (exact) mass is 305 g/mol. The van der Waals surface area contributed by atoms with Gasteiger partial charge in [-0.25, -0.2) is 4.39 Å². The van der Waals surface area contributed by atoms with Crippen molar-refractivity contribution in [2.45, 2.75) is 47.0 Å². The molecule has 0 bridgehead atoms. The van der Waals surface area contributed by atoms with Crippen LogP contribution in [0, 0.1) is 23.1 Å². The third kappa shape index (κ3) is 3.50. The van der Waals surface area contributed by atoms with Crippen LogP contribution >= 0.6 is 0 Å². The van der Waals surface area contributed by atoms with E-state index in [4.69, 9.17) is 0 Å². The van der Waals surface area contributed by atoms with Crippen molar-refractivity contribution in [3.63, 3.8) is 0 Å². The second-order valence-corrected chi connectivity index (χ2v) is 7.67. The van der Waals surface area contributed by atoms with Gasteiger partial charge in [0.15, 0.2) is 0 Å². The van der Waals surface area contributed by atoms with E-state index in [-0.39, 0.29) is 23.1 Å². The molecule has 0 radical (unpaired) electrons. The minimum absolute atomic E-state index is 0.00242. The molecule has 1 aliphatic heterocycles. The second kappa shape index (κ2) is 6.39. The van der Waals surface area contributed by atoms with Gasteiger partial charge in [-0.2, -0.15) is 0 Å². The SMILES string of the molecule is CC(C)[C@@H](C)C(=O)N1CCC(c2ccc(F)cc2)C(C)(C)C1. The van der Waals surface area contributed by atoms with Crippen LogP contribution in [0.3, 0.4) is 0 Å². The molecule has 1 aromatic carbocycles. The zero-order chi connectivity index (χ0) is 16.5. The summed E-state index contributed by atoms with van der Waals surface area (Å²) in [6.45, 7) is 12.2. The van der Waals surface area contributed by atoms with E-state index < -0.39 is 0 Å². The number of halogens is 1. The highest BCUT2D eigenvalue weighted by atomic mass is 19.1. The van der Waals surface area contributed by atoms with E-state index in [2.05, 4.69) is 27.7 Å². The van der Waals surface area contributed by atoms with Crippen LogP contribution in [0.4, 0.5) is 4.39 Å². The number of benzene rings is 1. The van der Waals surface area contributed by atoms with E-state index in [9.17, 15) is 9.18 Å². The Balaban J connectivity index is 2.12. The van der Waals surface area contributed by atoms with Crippen LogP contribution in [-0.2, 0) is 4.79 Å². The predicted molar refractivity (Wildman–Crippen MR) is 88.1 cm³/mol. The first kappa shape index (κ1) is 17.0. The van der Waals surface area contributed by atoms with Crippen LogP contribution in [0.1, 0.15) is 52.5 Å². The Kier molecular flexibility index (Phi) is 4.93. The minimum atomic E-state index is -0.195. The molecule has 1 unspecified atom stereocenters. The Morgan fingerprint density at radius 1 is 1.23 bits per heavy atom. The van der Waals surface area contributed by atoms with Gasteiger partial charge < -0.3 is 4.90 Å². The first-order chi connectivity index (χ1) is 10.2. The molecule has 1 amide bonds. The van der Waals surface area contributed by atoms with Gasteiger partial charge in [0, 0.05) is 19.0 Å². The fourth-order valence-corrected chi connectivity index (χ4v) is 3.43. The van der Waals surface area contributed by atoms with Crippen LogP contribution in [0.15, 0.2) is 24.3 Å². The van der Waals surface area contributed by atoms with E-state index in [0.29, 0.717) is 11.8 Å². The minimum Gasteiger partial charge on any atom is -0.342 e. The third-order valence-electron chi connectivity index (χ3n) is 5.20. The van der Waals surface area contributed by atoms with Crippen LogP contribution in [-0.4, -0.2) is 23.9 Å². The molecule has 2 nitrogen and oxygen atoms in total. The molecule has 0 N–H and O–H groups in total. The van der Waals surface area contributed by atoms with Crippen LogP contribution in [0.25, 0.3) is 0 Å². The molecule has 1 aliphatic rings. The topological polar surface area (TPSA) is 20.3 Å². The van der Waals surface area contributed by atoms with Crippen molar-refractivity contribution >= 4 is 5.91 Å². The van der Waals surface area contributed by atoms with Gasteiger partial charge in [-0.15, -0.1) is 0 Å². The van der Waals surface area contributed by atoms with Crippen LogP contribution in [0.5, 0.6) is 0 Å². The molecule has 3 heteroatoms. The van der Waals surface area contributed by atoms with Crippen molar-refractivity contribution in [3.05, 3.63) is 35.6 Å². The first-order valence-electron chi connectivity index (χ1n) is 8.26. The summed E-state index contributed by atoms with van der Waals surface area (Å²) in [5.74, 6) is 0.871. The zero-order valence-corrected chi connectivity index (χ0v) is 14.4. The Morgan fingerprint density at radius 3 is 2.32 bits per heavy atom. The van der Waals surface area contributed by atoms with Gasteiger partial charge >= 0.3 is 0 Å². The fourth-order valence-electron chi connectivity index (χ4n) is 3.43. The summed E-state index contributed by atoms with van der Waals surface area (Å²) in [6.07, 6.45) is 0.940. The quantitative estimate of drug-likeness (QED) is 0.807. The lowest BCUT2D eigenvalue weighted by atomic mass is 9.70. The zero-order valence-electron chi connectivity index (χ0n) is 14.4. The van der Waals surface area contributed by atoms with Crippen molar-refractivity contribution in [1.82, 2.24) is 4.90 Å². The lowest BCUT2D eigenvalue weighted by molar-refractivity contribution is -0.139. The predicted octanol–water partition coefficient (Wildman–Crippen LogP) is 4.46. The van der Waals surface area contributed by atoms with Gasteiger partial charge in [0.05, 0.1) is 0 Å². The Morgan fingerprint density at radius 2 is 1.82 bits per heavy atom. The summed E-state index contributed by atoms with van der Waals surface area (Å²) in [5, 5.41) is 0. The third-order valence-corrected chi connectivity index (χ3v) is 5.20. The van der Waals surface area contributed by atoms with E-state index in [1.807, 2.05) is 24.0 Å². The summed E-state index contributed by atoms with van der Waals surface area (Å²) in [7, 11) is 0. The molecule has 0 saturated carbocycles. The second-order valence-electron chi connectivity index (χ2n) is 7.67. The lowest BCUT2D eigenvalue weighted by Gasteiger charge is -2.45. The van der Waals surface area contributed by atoms with Crippen molar-refractivity contribution in [1.29, 1.82) is 0 Å². The molecule has 1 saturated heterocycles. The maximum Gasteiger partial charge on any atom is 0.225 e. The summed E-state index contributed by atoms with van der Waals surface area (Å²) >= 11 is 0. The van der Waals surface area contributed by atoms with E-state index in [0.717, 1.165) is 19.5 Å². The summed E-state index contributed by atoms with van der Waals surface area (Å²) in [6, 6.07) is 6.83. The molecular formula is C19H28FNO. The molecule has 0 spiro atoms. The smallest absolute Gasteiger partial charge is 0.225 e. The summed E-state index contributed by atoms with van der Waals surface area (Å²) in [4.78, 5) is 14.6. The molecule has 2 atom stereocenters. The normalized spacial score (nSPS) is 22.7. The van der Waals surface area contributed by atoms with Gasteiger partial charge in [0.25, 0.3) is 0 Å². The number of carbonyl (C=O) groups excluding carboxylic acids is 1. The Hall–Kier alpha value is -1.38. The number of nitrogens with zero attached hydrogens (tertiary/aromatic N) is 1. The van der Waals surface area contributed by atoms with Gasteiger partial charge in [-0.1, -0.05) is 46.8 Å². The number of likely N-dealkylation sites (tertiary alicyclic amines) is 1. The fraction of sp³-hybridized carbons (Fsp3) is 0.632. The molecule has 0 aliphatic carbocycles. The molecular weight excluding hydrogens is 277 g/mol. The molecule has 2 rings (SSSR count). The Labute approximate surface area is 133 Å². The van der Waals surface area contributed by atoms with Crippen LogP contribution < -0.4 is 0 Å². The largest absolute Gasteiger partial charge is 0.342 e. The first-order valence-corrected chi connectivity index (χ1v) is 8.26. The highest BCUT2D eigenvalue weighted by molar-refractivity contribution is 5.79. The lowest BCUT2D eigenvalue weighted by Crippen LogP contribution is -2.49. The summed E-state index contributed by atoms with van der Waals surface area (Å²) < 4.78 is 13.1. The number of piperidine rings is 1. The van der Waals surface area contributed by atoms with Gasteiger partial charge in [0.1, 0.15) is 5.82 Å². The van der Waals surface area contributed by atoms with Crippen molar-refractivity contribution in [2.75, 3.05) is 13.1 Å². The number of hydrogen-bond donors (Lipinski definition) is 0. The van der Waals surface area contributed by atoms with Crippen molar-refractivity contribution in [2.24, 2.45) is 17.3 Å². The Bertz CT molecular complexity index is 521. The summed E-state index contributed by atoms with van der Waals surface area (Å²) in [5.41, 5.74) is 1.18. The standard InChI is InChI=1S/C19H28FNO/c1-13(2)14(3)18(22)21-11-10-17(19(4,5)12-21)15-6-8-16(20)9-7-15/h6-9,13-14,17H,10-12H2,1-5H3/t14-,17?/m1/s1. The molecule has 1 aromatic rings. The van der Waals surface area contributed by atoms with Crippen molar-refractivity contribution in [3.8, 4) is 0 Å². The average molecular weight is 305 g/mol. The van der Waals surface area contributed by atoms with Gasteiger partial charge in [0.2, 0.25) is 5.91 Å². The number of rotatable bonds is 3. The van der Waals surface area contributed by atoms with Gasteiger partial charge in [-0.05, 0) is 41.4 Å². The molecule has 22 heavy (non-hydrogen) atoms. The van der Waals surface area contributed by atoms with Crippen LogP contribution in [0.2, 0.25) is 0 Å². The molecule has 1 heterocycles.